The van der Waals surface area contributed by atoms with Crippen molar-refractivity contribution in [2.45, 2.75) is 153 Å². The molecule has 0 radical (unpaired) electrons. The van der Waals surface area contributed by atoms with E-state index in [-0.39, 0.29) is 45.0 Å². The Labute approximate surface area is 267 Å². The van der Waals surface area contributed by atoms with Gasteiger partial charge in [-0.1, -0.05) is 52.3 Å². The molecule has 1 heterocycles. The molecule has 11 atom stereocenters. The van der Waals surface area contributed by atoms with Crippen molar-refractivity contribution in [3.8, 4) is 0 Å². The number of ether oxygens (including phenoxy) is 2. The molecular weight excluding hydrogens is 593 g/mol. The Morgan fingerprint density at radius 1 is 0.886 bits per heavy atom. The lowest BCUT2D eigenvalue weighted by Crippen LogP contribution is -2.67. The van der Waals surface area contributed by atoms with Gasteiger partial charge in [0.15, 0.2) is 14.1 Å². The van der Waals surface area contributed by atoms with E-state index in [1.165, 1.54) is 0 Å². The first kappa shape index (κ1) is 33.1. The van der Waals surface area contributed by atoms with Crippen LogP contribution in [0.4, 0.5) is 0 Å². The summed E-state index contributed by atoms with van der Waals surface area (Å²) in [4.78, 5) is 0.120. The van der Waals surface area contributed by atoms with Gasteiger partial charge in [0.1, 0.15) is 6.10 Å². The standard InChI is InChI=1S/C35H56O7SSi/c1-21-11-13-22(14-12-21)43(37,38)41-25-18-20-35(8)24-17-19-34(7)23(15-16-26(34)42-44(9,10)32(2,3)4)27(24)30-31(28(35)29(25)36)40-33(5,6)39-30/h11-14,23-31,36H,15-20H2,1-10H3/t23?,24?,25?,26?,27?,28?,29?,30?,31?,34-,35+/m0/s1. The number of hydrogen-bond donors (Lipinski definition) is 1. The maximum absolute atomic E-state index is 13.3. The minimum absolute atomic E-state index is 0.0710. The number of aliphatic hydroxyl groups excluding tert-OH is 1. The van der Waals surface area contributed by atoms with Crippen molar-refractivity contribution in [1.29, 1.82) is 0 Å². The van der Waals surface area contributed by atoms with Gasteiger partial charge in [0.05, 0.1) is 29.3 Å². The Morgan fingerprint density at radius 3 is 2.11 bits per heavy atom. The van der Waals surface area contributed by atoms with E-state index >= 15 is 0 Å². The van der Waals surface area contributed by atoms with E-state index in [9.17, 15) is 13.5 Å². The highest BCUT2D eigenvalue weighted by molar-refractivity contribution is 7.86. The number of aliphatic hydroxyl groups is 1. The molecule has 1 aliphatic heterocycles. The Hall–Kier alpha value is -0.813. The van der Waals surface area contributed by atoms with E-state index in [2.05, 4.69) is 47.7 Å². The number of hydrogen-bond acceptors (Lipinski definition) is 7. The van der Waals surface area contributed by atoms with Crippen LogP contribution in [0.3, 0.4) is 0 Å². The maximum Gasteiger partial charge on any atom is 0.297 e. The highest BCUT2D eigenvalue weighted by Crippen LogP contribution is 2.69. The maximum atomic E-state index is 13.3. The first-order valence-corrected chi connectivity index (χ1v) is 21.2. The molecule has 248 valence electrons. The second kappa shape index (κ2) is 10.6. The zero-order chi connectivity index (χ0) is 32.3. The van der Waals surface area contributed by atoms with Crippen molar-refractivity contribution in [3.63, 3.8) is 0 Å². The summed E-state index contributed by atoms with van der Waals surface area (Å²) < 4.78 is 53.1. The van der Waals surface area contributed by atoms with Gasteiger partial charge in [0.25, 0.3) is 10.1 Å². The topological polar surface area (TPSA) is 91.3 Å². The fourth-order valence-corrected chi connectivity index (χ4v) is 12.5. The fourth-order valence-electron chi connectivity index (χ4n) is 9.94. The lowest BCUT2D eigenvalue weighted by Gasteiger charge is -2.64. The van der Waals surface area contributed by atoms with Crippen molar-refractivity contribution in [1.82, 2.24) is 0 Å². The quantitative estimate of drug-likeness (QED) is 0.266. The first-order valence-electron chi connectivity index (χ1n) is 16.9. The Kier molecular flexibility index (Phi) is 7.97. The van der Waals surface area contributed by atoms with Crippen LogP contribution in [0.15, 0.2) is 29.2 Å². The molecule has 1 aromatic carbocycles. The average molecular weight is 649 g/mol. The monoisotopic (exact) mass is 648 g/mol. The zero-order valence-electron chi connectivity index (χ0n) is 28.6. The molecule has 0 spiro atoms. The Bertz CT molecular complexity index is 1350. The fraction of sp³-hybridized carbons (Fsp3) is 0.829. The molecule has 4 saturated carbocycles. The third-order valence-corrected chi connectivity index (χ3v) is 19.1. The molecule has 5 fully saturated rings. The molecule has 0 amide bonds. The number of fused-ring (bicyclic) bond motifs is 8. The highest BCUT2D eigenvalue weighted by atomic mass is 32.2. The third-order valence-electron chi connectivity index (χ3n) is 13.3. The van der Waals surface area contributed by atoms with Gasteiger partial charge in [-0.2, -0.15) is 8.42 Å². The SMILES string of the molecule is Cc1ccc(S(=O)(=O)OC2CC[C@]3(C)C4CC[C@]5(C)C(O[Si](C)(C)C(C)(C)C)CCC5C4C4OC(C)(C)OC4C3C2O)cc1. The molecule has 1 aromatic rings. The number of aryl methyl sites for hydroxylation is 1. The molecule has 5 aliphatic rings. The largest absolute Gasteiger partial charge is 0.413 e. The second-order valence-corrected chi connectivity index (χ2v) is 23.6. The van der Waals surface area contributed by atoms with Crippen LogP contribution >= 0.6 is 0 Å². The van der Waals surface area contributed by atoms with E-state index in [0.717, 1.165) is 37.7 Å². The van der Waals surface area contributed by atoms with Gasteiger partial charge >= 0.3 is 0 Å². The summed E-state index contributed by atoms with van der Waals surface area (Å²) in [5, 5.41) is 12.2. The van der Waals surface area contributed by atoms with Gasteiger partial charge < -0.3 is 19.0 Å². The lowest BCUT2D eigenvalue weighted by atomic mass is 9.43. The lowest BCUT2D eigenvalue weighted by molar-refractivity contribution is -0.222. The van der Waals surface area contributed by atoms with Crippen LogP contribution in [0.25, 0.3) is 0 Å². The summed E-state index contributed by atoms with van der Waals surface area (Å²) in [6, 6.07) is 6.68. The van der Waals surface area contributed by atoms with E-state index < -0.39 is 36.4 Å². The molecule has 1 saturated heterocycles. The van der Waals surface area contributed by atoms with E-state index in [1.54, 1.807) is 24.3 Å². The van der Waals surface area contributed by atoms with Crippen molar-refractivity contribution in [2.75, 3.05) is 0 Å². The predicted molar refractivity (Wildman–Crippen MR) is 173 cm³/mol. The summed E-state index contributed by atoms with van der Waals surface area (Å²) in [5.74, 6) is 0.0335. The van der Waals surface area contributed by atoms with Crippen LogP contribution in [0.5, 0.6) is 0 Å². The minimum atomic E-state index is -4.03. The summed E-state index contributed by atoms with van der Waals surface area (Å²) in [7, 11) is -5.98. The molecule has 0 bridgehead atoms. The smallest absolute Gasteiger partial charge is 0.297 e. The van der Waals surface area contributed by atoms with Gasteiger partial charge in [-0.25, -0.2) is 0 Å². The summed E-state index contributed by atoms with van der Waals surface area (Å²) in [6.45, 7) is 22.4. The van der Waals surface area contributed by atoms with E-state index in [0.29, 0.717) is 24.2 Å². The molecule has 4 aliphatic carbocycles. The average Bonchev–Trinajstić information content (AvgIpc) is 3.40. The normalized spacial score (nSPS) is 43.6. The molecule has 1 N–H and O–H groups in total. The van der Waals surface area contributed by atoms with Crippen LogP contribution in [-0.4, -0.2) is 58.1 Å². The summed E-state index contributed by atoms with van der Waals surface area (Å²) in [6.07, 6.45) is 3.56. The zero-order valence-corrected chi connectivity index (χ0v) is 30.4. The molecule has 0 aromatic heterocycles. The van der Waals surface area contributed by atoms with Crippen LogP contribution in [0.2, 0.25) is 18.1 Å². The minimum Gasteiger partial charge on any atom is -0.413 e. The van der Waals surface area contributed by atoms with Gasteiger partial charge in [0, 0.05) is 5.92 Å². The molecule has 6 rings (SSSR count). The van der Waals surface area contributed by atoms with Gasteiger partial charge in [0.2, 0.25) is 0 Å². The van der Waals surface area contributed by atoms with Gasteiger partial charge in [-0.05, 0) is 118 Å². The van der Waals surface area contributed by atoms with Crippen LogP contribution in [0, 0.1) is 41.4 Å². The molecule has 7 nitrogen and oxygen atoms in total. The highest BCUT2D eigenvalue weighted by Gasteiger charge is 2.70. The first-order chi connectivity index (χ1) is 20.2. The predicted octanol–water partition coefficient (Wildman–Crippen LogP) is 7.21. The Morgan fingerprint density at radius 2 is 1.48 bits per heavy atom. The van der Waals surface area contributed by atoms with Crippen LogP contribution in [0.1, 0.15) is 92.6 Å². The van der Waals surface area contributed by atoms with Crippen molar-refractivity contribution in [2.24, 2.45) is 34.5 Å². The van der Waals surface area contributed by atoms with Crippen molar-refractivity contribution in [3.05, 3.63) is 29.8 Å². The molecule has 44 heavy (non-hydrogen) atoms. The van der Waals surface area contributed by atoms with Gasteiger partial charge in [-0.3, -0.25) is 4.18 Å². The summed E-state index contributed by atoms with van der Waals surface area (Å²) in [5.41, 5.74) is 0.828. The van der Waals surface area contributed by atoms with Gasteiger partial charge in [-0.15, -0.1) is 0 Å². The van der Waals surface area contributed by atoms with E-state index in [1.807, 2.05) is 20.8 Å². The van der Waals surface area contributed by atoms with Crippen LogP contribution in [-0.2, 0) is 28.2 Å². The third kappa shape index (κ3) is 5.19. The molecular formula is C35H56O7SSi. The molecule has 9 heteroatoms. The Balaban J connectivity index is 1.30. The molecule has 9 unspecified atom stereocenters. The van der Waals surface area contributed by atoms with Crippen molar-refractivity contribution < 1.29 is 31.6 Å². The van der Waals surface area contributed by atoms with E-state index in [4.69, 9.17) is 18.1 Å². The van der Waals surface area contributed by atoms with Crippen molar-refractivity contribution >= 4 is 18.4 Å². The van der Waals surface area contributed by atoms with Crippen LogP contribution < -0.4 is 0 Å². The summed E-state index contributed by atoms with van der Waals surface area (Å²) >= 11 is 0. The number of benzene rings is 1. The second-order valence-electron chi connectivity index (χ2n) is 17.3. The number of rotatable bonds is 5.